The van der Waals surface area contributed by atoms with Crippen molar-refractivity contribution >= 4 is 11.8 Å². The molecular weight excluding hydrogens is 196 g/mol. The first-order valence-electron chi connectivity index (χ1n) is 4.40. The summed E-state index contributed by atoms with van der Waals surface area (Å²) in [6.45, 7) is 0. The smallest absolute Gasteiger partial charge is 0.119 e. The number of ether oxygens (including phenoxy) is 1. The van der Waals surface area contributed by atoms with Gasteiger partial charge in [0.25, 0.3) is 0 Å². The van der Waals surface area contributed by atoms with Crippen LogP contribution in [0.4, 0.5) is 0 Å². The molecule has 3 nitrogen and oxygen atoms in total. The van der Waals surface area contributed by atoms with E-state index in [1.807, 2.05) is 24.3 Å². The summed E-state index contributed by atoms with van der Waals surface area (Å²) in [5, 5.41) is 0. The van der Waals surface area contributed by atoms with Crippen LogP contribution in [0.2, 0.25) is 0 Å². The van der Waals surface area contributed by atoms with Crippen molar-refractivity contribution in [3.8, 4) is 5.75 Å². The number of nitrogens with one attached hydrogen (secondary N) is 1. The third-order valence-corrected chi connectivity index (χ3v) is 2.70. The number of hydrazine groups is 1. The minimum atomic E-state index is 0.181. The van der Waals surface area contributed by atoms with Gasteiger partial charge in [0.2, 0.25) is 0 Å². The van der Waals surface area contributed by atoms with Crippen LogP contribution in [0, 0.1) is 0 Å². The topological polar surface area (TPSA) is 47.3 Å². The van der Waals surface area contributed by atoms with E-state index in [1.54, 1.807) is 18.9 Å². The van der Waals surface area contributed by atoms with E-state index >= 15 is 0 Å². The van der Waals surface area contributed by atoms with Crippen LogP contribution < -0.4 is 16.0 Å². The minimum absolute atomic E-state index is 0.181. The maximum atomic E-state index is 5.48. The number of thioether (sulfide) groups is 1. The number of methoxy groups -OCH3 is 1. The summed E-state index contributed by atoms with van der Waals surface area (Å²) >= 11 is 1.76. The fourth-order valence-electron chi connectivity index (χ4n) is 1.27. The van der Waals surface area contributed by atoms with Crippen LogP contribution in [0.5, 0.6) is 5.75 Å². The Balaban J connectivity index is 2.80. The lowest BCUT2D eigenvalue weighted by Crippen LogP contribution is -2.29. The molecule has 1 unspecified atom stereocenters. The summed E-state index contributed by atoms with van der Waals surface area (Å²) < 4.78 is 5.15. The van der Waals surface area contributed by atoms with Crippen molar-refractivity contribution in [1.29, 1.82) is 0 Å². The van der Waals surface area contributed by atoms with E-state index in [-0.39, 0.29) is 6.04 Å². The number of benzene rings is 1. The van der Waals surface area contributed by atoms with Crippen LogP contribution in [-0.2, 0) is 0 Å². The second-order valence-electron chi connectivity index (χ2n) is 2.95. The Labute approximate surface area is 89.0 Å². The van der Waals surface area contributed by atoms with Gasteiger partial charge in [0, 0.05) is 5.75 Å². The lowest BCUT2D eigenvalue weighted by Gasteiger charge is -2.15. The summed E-state index contributed by atoms with van der Waals surface area (Å²) in [5.74, 6) is 7.29. The zero-order valence-electron chi connectivity index (χ0n) is 8.49. The van der Waals surface area contributed by atoms with Gasteiger partial charge >= 0.3 is 0 Å². The van der Waals surface area contributed by atoms with Gasteiger partial charge in [-0.3, -0.25) is 11.3 Å². The van der Waals surface area contributed by atoms with E-state index in [1.165, 1.54) is 0 Å². The van der Waals surface area contributed by atoms with E-state index in [0.29, 0.717) is 0 Å². The van der Waals surface area contributed by atoms with Crippen molar-refractivity contribution in [2.24, 2.45) is 5.84 Å². The largest absolute Gasteiger partial charge is 0.497 e. The molecule has 0 amide bonds. The van der Waals surface area contributed by atoms with Crippen LogP contribution >= 0.6 is 11.8 Å². The van der Waals surface area contributed by atoms with Crippen molar-refractivity contribution in [3.05, 3.63) is 29.8 Å². The van der Waals surface area contributed by atoms with Crippen molar-refractivity contribution in [1.82, 2.24) is 5.43 Å². The molecule has 1 rings (SSSR count). The third-order valence-electron chi connectivity index (χ3n) is 2.03. The average Bonchev–Trinajstić information content (AvgIpc) is 2.26. The van der Waals surface area contributed by atoms with Crippen LogP contribution in [0.3, 0.4) is 0 Å². The molecule has 0 bridgehead atoms. The maximum absolute atomic E-state index is 5.48. The predicted octanol–water partition coefficient (Wildman–Crippen LogP) is 1.56. The molecule has 0 radical (unpaired) electrons. The first-order valence-corrected chi connectivity index (χ1v) is 5.80. The Bertz CT molecular complexity index is 281. The minimum Gasteiger partial charge on any atom is -0.497 e. The van der Waals surface area contributed by atoms with Gasteiger partial charge in [0.05, 0.1) is 13.2 Å². The van der Waals surface area contributed by atoms with E-state index in [9.17, 15) is 0 Å². The van der Waals surface area contributed by atoms with Crippen LogP contribution in [0.15, 0.2) is 24.3 Å². The zero-order chi connectivity index (χ0) is 10.4. The molecule has 0 aromatic heterocycles. The highest BCUT2D eigenvalue weighted by Crippen LogP contribution is 2.20. The molecule has 0 saturated carbocycles. The highest BCUT2D eigenvalue weighted by Gasteiger charge is 2.08. The lowest BCUT2D eigenvalue weighted by molar-refractivity contribution is 0.413. The molecular formula is C10H16N2OS. The average molecular weight is 212 g/mol. The van der Waals surface area contributed by atoms with Gasteiger partial charge in [-0.2, -0.15) is 11.8 Å². The van der Waals surface area contributed by atoms with Crippen LogP contribution in [-0.4, -0.2) is 19.1 Å². The van der Waals surface area contributed by atoms with Gasteiger partial charge in [-0.1, -0.05) is 12.1 Å². The van der Waals surface area contributed by atoms with Gasteiger partial charge in [0.15, 0.2) is 0 Å². The molecule has 0 aliphatic carbocycles. The normalized spacial score (nSPS) is 12.5. The Morgan fingerprint density at radius 1 is 1.57 bits per heavy atom. The van der Waals surface area contributed by atoms with Crippen molar-refractivity contribution in [2.45, 2.75) is 6.04 Å². The number of hydrogen-bond donors (Lipinski definition) is 2. The van der Waals surface area contributed by atoms with E-state index in [0.717, 1.165) is 17.1 Å². The van der Waals surface area contributed by atoms with Crippen molar-refractivity contribution in [2.75, 3.05) is 19.1 Å². The highest BCUT2D eigenvalue weighted by molar-refractivity contribution is 7.98. The summed E-state index contributed by atoms with van der Waals surface area (Å²) in [6.07, 6.45) is 2.06. The number of rotatable bonds is 5. The molecule has 0 heterocycles. The highest BCUT2D eigenvalue weighted by atomic mass is 32.2. The molecule has 1 aromatic carbocycles. The monoisotopic (exact) mass is 212 g/mol. The third kappa shape index (κ3) is 2.90. The first-order chi connectivity index (χ1) is 6.81. The maximum Gasteiger partial charge on any atom is 0.119 e. The molecule has 0 spiro atoms. The molecule has 3 N–H and O–H groups in total. The van der Waals surface area contributed by atoms with Crippen LogP contribution in [0.1, 0.15) is 11.6 Å². The molecule has 1 aromatic rings. The fraction of sp³-hybridized carbons (Fsp3) is 0.400. The molecule has 0 aliphatic rings. The summed E-state index contributed by atoms with van der Waals surface area (Å²) in [4.78, 5) is 0. The predicted molar refractivity (Wildman–Crippen MR) is 61.4 cm³/mol. The van der Waals surface area contributed by atoms with Gasteiger partial charge in [-0.15, -0.1) is 0 Å². The second-order valence-corrected chi connectivity index (χ2v) is 3.86. The molecule has 14 heavy (non-hydrogen) atoms. The van der Waals surface area contributed by atoms with Crippen molar-refractivity contribution < 1.29 is 4.74 Å². The Kier molecular flexibility index (Phi) is 4.79. The SMILES string of the molecule is COc1cccc(C(CSC)NN)c1. The molecule has 78 valence electrons. The molecule has 1 atom stereocenters. The van der Waals surface area contributed by atoms with E-state index in [2.05, 4.69) is 11.7 Å². The van der Waals surface area contributed by atoms with E-state index in [4.69, 9.17) is 10.6 Å². The molecule has 0 aliphatic heterocycles. The fourth-order valence-corrected chi connectivity index (χ4v) is 1.89. The van der Waals surface area contributed by atoms with Gasteiger partial charge in [-0.05, 0) is 24.0 Å². The van der Waals surface area contributed by atoms with Gasteiger partial charge in [0.1, 0.15) is 5.75 Å². The Morgan fingerprint density at radius 2 is 2.36 bits per heavy atom. The van der Waals surface area contributed by atoms with Crippen LogP contribution in [0.25, 0.3) is 0 Å². The summed E-state index contributed by atoms with van der Waals surface area (Å²) in [6, 6.07) is 8.12. The van der Waals surface area contributed by atoms with E-state index < -0.39 is 0 Å². The summed E-state index contributed by atoms with van der Waals surface area (Å²) in [5.41, 5.74) is 3.95. The molecule has 4 heteroatoms. The van der Waals surface area contributed by atoms with Crippen molar-refractivity contribution in [3.63, 3.8) is 0 Å². The summed E-state index contributed by atoms with van der Waals surface area (Å²) in [7, 11) is 1.67. The first kappa shape index (κ1) is 11.4. The molecule has 0 fully saturated rings. The quantitative estimate of drug-likeness (QED) is 0.574. The number of hydrogen-bond acceptors (Lipinski definition) is 4. The Hall–Kier alpha value is -0.710. The lowest BCUT2D eigenvalue weighted by atomic mass is 10.1. The second kappa shape index (κ2) is 5.90. The standard InChI is InChI=1S/C10H16N2OS/c1-13-9-5-3-4-8(6-9)10(12-11)7-14-2/h3-6,10,12H,7,11H2,1-2H3. The number of nitrogens with two attached hydrogens (primary N) is 1. The van der Waals surface area contributed by atoms with Gasteiger partial charge < -0.3 is 4.74 Å². The Morgan fingerprint density at radius 3 is 2.93 bits per heavy atom. The molecule has 0 saturated heterocycles. The zero-order valence-corrected chi connectivity index (χ0v) is 9.30. The van der Waals surface area contributed by atoms with Gasteiger partial charge in [-0.25, -0.2) is 0 Å².